The van der Waals surface area contributed by atoms with Crippen molar-refractivity contribution in [1.82, 2.24) is 15.5 Å². The van der Waals surface area contributed by atoms with Gasteiger partial charge in [-0.05, 0) is 23.8 Å². The zero-order valence-electron chi connectivity index (χ0n) is 16.0. The van der Waals surface area contributed by atoms with Gasteiger partial charge in [0.05, 0.1) is 6.54 Å². The van der Waals surface area contributed by atoms with Crippen LogP contribution in [0, 0.1) is 5.92 Å². The average Bonchev–Trinajstić information content (AvgIpc) is 3.29. The summed E-state index contributed by atoms with van der Waals surface area (Å²) in [5, 5.41) is 8.77. The molecule has 26 heavy (non-hydrogen) atoms. The zero-order valence-corrected chi connectivity index (χ0v) is 19.1. The third kappa shape index (κ3) is 9.21. The Morgan fingerprint density at radius 2 is 2.04 bits per heavy atom. The number of hydrogen-bond acceptors (Lipinski definition) is 3. The maximum atomic E-state index is 11.8. The van der Waals surface area contributed by atoms with Gasteiger partial charge in [-0.25, -0.2) is 4.99 Å². The third-order valence-corrected chi connectivity index (χ3v) is 5.56. The Kier molecular flexibility index (Phi) is 11.9. The molecule has 7 heteroatoms. The molecule has 0 atom stereocenters. The Morgan fingerprint density at radius 1 is 1.27 bits per heavy atom. The molecule has 0 aliphatic heterocycles. The summed E-state index contributed by atoms with van der Waals surface area (Å²) in [6, 6.07) is 4.15. The Balaban J connectivity index is 0.00000338. The SMILES string of the molecule is CN(C)C(=O)CN=C(NCCCCC1CCCC1)NCc1cccs1.I. The average molecular weight is 492 g/mol. The molecule has 148 valence electrons. The fraction of sp³-hybridized carbons (Fsp3) is 0.684. The number of guanidine groups is 1. The molecule has 1 aromatic heterocycles. The lowest BCUT2D eigenvalue weighted by atomic mass is 10.0. The van der Waals surface area contributed by atoms with Crippen molar-refractivity contribution in [3.8, 4) is 0 Å². The minimum atomic E-state index is 0. The van der Waals surface area contributed by atoms with Crippen LogP contribution in [0.4, 0.5) is 0 Å². The van der Waals surface area contributed by atoms with Gasteiger partial charge in [-0.15, -0.1) is 35.3 Å². The number of halogens is 1. The van der Waals surface area contributed by atoms with Crippen LogP contribution in [0.5, 0.6) is 0 Å². The second-order valence-corrected chi connectivity index (χ2v) is 7.99. The zero-order chi connectivity index (χ0) is 17.9. The predicted molar refractivity (Wildman–Crippen MR) is 121 cm³/mol. The van der Waals surface area contributed by atoms with E-state index in [2.05, 4.69) is 27.1 Å². The van der Waals surface area contributed by atoms with E-state index in [1.54, 1.807) is 30.3 Å². The van der Waals surface area contributed by atoms with E-state index in [-0.39, 0.29) is 36.4 Å². The Hall–Kier alpha value is -0.830. The van der Waals surface area contributed by atoms with Gasteiger partial charge in [-0.3, -0.25) is 4.79 Å². The van der Waals surface area contributed by atoms with Crippen LogP contribution >= 0.6 is 35.3 Å². The lowest BCUT2D eigenvalue weighted by Crippen LogP contribution is -2.38. The summed E-state index contributed by atoms with van der Waals surface area (Å²) in [7, 11) is 3.51. The van der Waals surface area contributed by atoms with E-state index >= 15 is 0 Å². The van der Waals surface area contributed by atoms with Gasteiger partial charge in [0.15, 0.2) is 5.96 Å². The predicted octanol–water partition coefficient (Wildman–Crippen LogP) is 3.85. The number of hydrogen-bond donors (Lipinski definition) is 2. The number of likely N-dealkylation sites (N-methyl/N-ethyl adjacent to an activating group) is 1. The quantitative estimate of drug-likeness (QED) is 0.238. The highest BCUT2D eigenvalue weighted by Crippen LogP contribution is 2.28. The minimum absolute atomic E-state index is 0. The topological polar surface area (TPSA) is 56.7 Å². The first-order valence-electron chi connectivity index (χ1n) is 9.40. The molecule has 2 rings (SSSR count). The number of carbonyl (C=O) groups is 1. The van der Waals surface area contributed by atoms with Gasteiger partial charge in [0.2, 0.25) is 5.91 Å². The molecule has 1 heterocycles. The van der Waals surface area contributed by atoms with E-state index in [0.29, 0.717) is 0 Å². The molecule has 1 amide bonds. The maximum Gasteiger partial charge on any atom is 0.243 e. The first-order valence-corrected chi connectivity index (χ1v) is 10.3. The van der Waals surface area contributed by atoms with E-state index in [0.717, 1.165) is 31.4 Å². The van der Waals surface area contributed by atoms with E-state index in [4.69, 9.17) is 0 Å². The maximum absolute atomic E-state index is 11.8. The van der Waals surface area contributed by atoms with Gasteiger partial charge in [-0.2, -0.15) is 0 Å². The van der Waals surface area contributed by atoms with Gasteiger partial charge in [0, 0.05) is 25.5 Å². The van der Waals surface area contributed by atoms with Crippen molar-refractivity contribution in [2.75, 3.05) is 27.2 Å². The Labute approximate surface area is 179 Å². The molecule has 0 radical (unpaired) electrons. The molecule has 0 aromatic carbocycles. The lowest BCUT2D eigenvalue weighted by molar-refractivity contribution is -0.127. The summed E-state index contributed by atoms with van der Waals surface area (Å²) < 4.78 is 0. The highest BCUT2D eigenvalue weighted by molar-refractivity contribution is 14.0. The van der Waals surface area contributed by atoms with Crippen LogP contribution < -0.4 is 10.6 Å². The smallest absolute Gasteiger partial charge is 0.243 e. The van der Waals surface area contributed by atoms with Gasteiger partial charge < -0.3 is 15.5 Å². The fourth-order valence-electron chi connectivity index (χ4n) is 3.11. The molecular formula is C19H33IN4OS. The van der Waals surface area contributed by atoms with Crippen LogP contribution in [0.25, 0.3) is 0 Å². The van der Waals surface area contributed by atoms with E-state index in [9.17, 15) is 4.79 Å². The minimum Gasteiger partial charge on any atom is -0.356 e. The van der Waals surface area contributed by atoms with Crippen LogP contribution in [-0.2, 0) is 11.3 Å². The highest BCUT2D eigenvalue weighted by atomic mass is 127. The Bertz CT molecular complexity index is 528. The molecule has 2 N–H and O–H groups in total. The summed E-state index contributed by atoms with van der Waals surface area (Å²) in [4.78, 5) is 19.0. The van der Waals surface area contributed by atoms with Crippen molar-refractivity contribution >= 4 is 47.2 Å². The number of carbonyl (C=O) groups excluding carboxylic acids is 1. The number of aliphatic imine (C=N–C) groups is 1. The number of nitrogens with zero attached hydrogens (tertiary/aromatic N) is 2. The van der Waals surface area contributed by atoms with Crippen LogP contribution in [-0.4, -0.2) is 44.0 Å². The van der Waals surface area contributed by atoms with Crippen LogP contribution in [0.2, 0.25) is 0 Å². The normalized spacial score (nSPS) is 14.8. The molecule has 1 aliphatic rings. The molecular weight excluding hydrogens is 459 g/mol. The number of rotatable bonds is 9. The number of thiophene rings is 1. The first kappa shape index (κ1) is 23.2. The number of nitrogens with one attached hydrogen (secondary N) is 2. The molecule has 0 bridgehead atoms. The van der Waals surface area contributed by atoms with Gasteiger partial charge in [-0.1, -0.05) is 44.6 Å². The standard InChI is InChI=1S/C19H32N4OS.HI/c1-23(2)18(24)15-22-19(21-14-17-11-7-13-25-17)20-12-6-5-10-16-8-3-4-9-16;/h7,11,13,16H,3-6,8-10,12,14-15H2,1-2H3,(H2,20,21,22);1H. The summed E-state index contributed by atoms with van der Waals surface area (Å²) in [6.45, 7) is 1.82. The van der Waals surface area contributed by atoms with Gasteiger partial charge >= 0.3 is 0 Å². The van der Waals surface area contributed by atoms with Crippen molar-refractivity contribution in [3.05, 3.63) is 22.4 Å². The summed E-state index contributed by atoms with van der Waals surface area (Å²) in [5.41, 5.74) is 0. The second-order valence-electron chi connectivity index (χ2n) is 6.96. The molecule has 0 spiro atoms. The number of amides is 1. The highest BCUT2D eigenvalue weighted by Gasteiger charge is 2.13. The molecule has 1 fully saturated rings. The van der Waals surface area contributed by atoms with Gasteiger partial charge in [0.25, 0.3) is 0 Å². The molecule has 0 unspecified atom stereocenters. The van der Waals surface area contributed by atoms with E-state index < -0.39 is 0 Å². The molecule has 0 saturated heterocycles. The second kappa shape index (κ2) is 13.4. The van der Waals surface area contributed by atoms with Crippen molar-refractivity contribution in [3.63, 3.8) is 0 Å². The Morgan fingerprint density at radius 3 is 2.69 bits per heavy atom. The van der Waals surface area contributed by atoms with Crippen LogP contribution in [0.15, 0.2) is 22.5 Å². The van der Waals surface area contributed by atoms with Gasteiger partial charge in [0.1, 0.15) is 6.54 Å². The third-order valence-electron chi connectivity index (χ3n) is 4.69. The summed E-state index contributed by atoms with van der Waals surface area (Å²) >= 11 is 1.72. The van der Waals surface area contributed by atoms with Crippen molar-refractivity contribution in [2.45, 2.75) is 51.5 Å². The van der Waals surface area contributed by atoms with Crippen LogP contribution in [0.3, 0.4) is 0 Å². The van der Waals surface area contributed by atoms with E-state index in [1.165, 1.54) is 43.4 Å². The molecule has 1 saturated carbocycles. The monoisotopic (exact) mass is 492 g/mol. The number of unbranched alkanes of at least 4 members (excludes halogenated alkanes) is 1. The first-order chi connectivity index (χ1) is 12.1. The summed E-state index contributed by atoms with van der Waals surface area (Å²) in [5.74, 6) is 1.70. The van der Waals surface area contributed by atoms with E-state index in [1.807, 2.05) is 6.07 Å². The summed E-state index contributed by atoms with van der Waals surface area (Å²) in [6.07, 6.45) is 9.48. The lowest BCUT2D eigenvalue weighted by Gasteiger charge is -2.14. The molecule has 5 nitrogen and oxygen atoms in total. The van der Waals surface area contributed by atoms with Crippen molar-refractivity contribution in [2.24, 2.45) is 10.9 Å². The molecule has 1 aliphatic carbocycles. The largest absolute Gasteiger partial charge is 0.356 e. The van der Waals surface area contributed by atoms with Crippen molar-refractivity contribution < 1.29 is 4.79 Å². The van der Waals surface area contributed by atoms with Crippen molar-refractivity contribution in [1.29, 1.82) is 0 Å². The molecule has 1 aromatic rings. The fourth-order valence-corrected chi connectivity index (χ4v) is 3.75. The van der Waals surface area contributed by atoms with Crippen LogP contribution in [0.1, 0.15) is 49.8 Å².